The number of nitrogens with one attached hydrogen (secondary N) is 1. The molecule has 0 bridgehead atoms. The molecule has 20 heavy (non-hydrogen) atoms. The molecule has 1 unspecified atom stereocenters. The van der Waals surface area contributed by atoms with Crippen LogP contribution in [0.2, 0.25) is 0 Å². The van der Waals surface area contributed by atoms with Gasteiger partial charge in [-0.25, -0.2) is 0 Å². The number of carbonyl (C=O) groups is 1. The quantitative estimate of drug-likeness (QED) is 0.901. The Labute approximate surface area is 119 Å². The van der Waals surface area contributed by atoms with Gasteiger partial charge in [-0.15, -0.1) is 0 Å². The van der Waals surface area contributed by atoms with E-state index in [1.54, 1.807) is 12.4 Å². The van der Waals surface area contributed by atoms with Crippen molar-refractivity contribution in [3.8, 4) is 0 Å². The number of nitrogens with two attached hydrogens (primary N) is 1. The summed E-state index contributed by atoms with van der Waals surface area (Å²) < 4.78 is 0. The second-order valence-corrected chi connectivity index (χ2v) is 6.13. The molecule has 4 nitrogen and oxygen atoms in total. The summed E-state index contributed by atoms with van der Waals surface area (Å²) in [5, 5.41) is 4.93. The van der Waals surface area contributed by atoms with Crippen LogP contribution in [0.1, 0.15) is 27.2 Å². The van der Waals surface area contributed by atoms with E-state index in [-0.39, 0.29) is 17.4 Å². The minimum Gasteiger partial charge on any atom is -0.327 e. The zero-order chi connectivity index (χ0) is 14.8. The van der Waals surface area contributed by atoms with Gasteiger partial charge < -0.3 is 11.1 Å². The van der Waals surface area contributed by atoms with E-state index in [0.717, 1.165) is 16.5 Å². The molecule has 0 spiro atoms. The van der Waals surface area contributed by atoms with Crippen molar-refractivity contribution in [1.82, 2.24) is 4.98 Å². The maximum absolute atomic E-state index is 12.1. The molecule has 1 amide bonds. The summed E-state index contributed by atoms with van der Waals surface area (Å²) in [6, 6.07) is 7.50. The normalized spacial score (nSPS) is 13.2. The van der Waals surface area contributed by atoms with Crippen molar-refractivity contribution in [2.24, 2.45) is 11.1 Å². The number of rotatable bonds is 3. The van der Waals surface area contributed by atoms with Crippen LogP contribution in [0.4, 0.5) is 5.69 Å². The van der Waals surface area contributed by atoms with Crippen LogP contribution < -0.4 is 11.1 Å². The minimum atomic E-state index is -0.167. The van der Waals surface area contributed by atoms with Crippen LogP contribution in [-0.2, 0) is 4.79 Å². The van der Waals surface area contributed by atoms with Crippen LogP contribution in [-0.4, -0.2) is 16.9 Å². The Hall–Kier alpha value is -1.94. The highest BCUT2D eigenvalue weighted by Crippen LogP contribution is 2.24. The van der Waals surface area contributed by atoms with Gasteiger partial charge in [0, 0.05) is 41.3 Å². The molecule has 0 fully saturated rings. The van der Waals surface area contributed by atoms with Crippen LogP contribution in [0.15, 0.2) is 36.7 Å². The Bertz CT molecular complexity index is 611. The molecule has 0 saturated carbocycles. The van der Waals surface area contributed by atoms with Crippen LogP contribution in [0.5, 0.6) is 0 Å². The summed E-state index contributed by atoms with van der Waals surface area (Å²) in [7, 11) is 0. The zero-order valence-electron chi connectivity index (χ0n) is 12.2. The lowest BCUT2D eigenvalue weighted by Crippen LogP contribution is -2.38. The number of pyridine rings is 1. The Morgan fingerprint density at radius 3 is 2.80 bits per heavy atom. The molecule has 3 N–H and O–H groups in total. The van der Waals surface area contributed by atoms with Crippen LogP contribution in [0.3, 0.4) is 0 Å². The van der Waals surface area contributed by atoms with Gasteiger partial charge in [-0.2, -0.15) is 0 Å². The molecule has 2 aromatic rings. The number of hydrogen-bond acceptors (Lipinski definition) is 3. The number of amides is 1. The lowest BCUT2D eigenvalue weighted by atomic mass is 9.85. The summed E-state index contributed by atoms with van der Waals surface area (Å²) in [6.45, 7) is 6.11. The molecule has 2 rings (SSSR count). The molecule has 0 aliphatic carbocycles. The maximum atomic E-state index is 12.1. The van der Waals surface area contributed by atoms with E-state index in [1.807, 2.05) is 45.0 Å². The van der Waals surface area contributed by atoms with E-state index in [1.165, 1.54) is 0 Å². The first kappa shape index (κ1) is 14.5. The van der Waals surface area contributed by atoms with Gasteiger partial charge in [0.05, 0.1) is 0 Å². The Morgan fingerprint density at radius 2 is 2.10 bits per heavy atom. The molecule has 1 aromatic carbocycles. The van der Waals surface area contributed by atoms with Crippen molar-refractivity contribution < 1.29 is 4.79 Å². The maximum Gasteiger partial charge on any atom is 0.225 e. The lowest BCUT2D eigenvalue weighted by molar-refractivity contribution is -0.117. The molecule has 1 aromatic heterocycles. The van der Waals surface area contributed by atoms with Crippen molar-refractivity contribution in [2.45, 2.75) is 33.2 Å². The monoisotopic (exact) mass is 271 g/mol. The molecular formula is C16H21N3O. The van der Waals surface area contributed by atoms with E-state index in [4.69, 9.17) is 5.73 Å². The molecule has 0 radical (unpaired) electrons. The molecule has 4 heteroatoms. The van der Waals surface area contributed by atoms with Gasteiger partial charge in [0.15, 0.2) is 0 Å². The summed E-state index contributed by atoms with van der Waals surface area (Å²) in [6.07, 6.45) is 3.82. The number of fused-ring (bicyclic) bond motifs is 1. The number of carbonyl (C=O) groups excluding carboxylic acids is 1. The van der Waals surface area contributed by atoms with E-state index < -0.39 is 0 Å². The number of benzene rings is 1. The Kier molecular flexibility index (Phi) is 4.04. The predicted octanol–water partition coefficient (Wildman–Crippen LogP) is 2.94. The SMILES string of the molecule is CC(C)(C)C(N)CC(=O)Nc1cccc2cnccc12. The molecule has 0 aliphatic heterocycles. The average molecular weight is 271 g/mol. The number of hydrogen-bond donors (Lipinski definition) is 2. The third kappa shape index (κ3) is 3.33. The first-order valence-corrected chi connectivity index (χ1v) is 6.76. The van der Waals surface area contributed by atoms with Gasteiger partial charge in [0.25, 0.3) is 0 Å². The fourth-order valence-electron chi connectivity index (χ4n) is 1.94. The number of anilines is 1. The number of aromatic nitrogens is 1. The molecule has 0 aliphatic rings. The van der Waals surface area contributed by atoms with Crippen molar-refractivity contribution in [3.63, 3.8) is 0 Å². The van der Waals surface area contributed by atoms with E-state index in [0.29, 0.717) is 6.42 Å². The first-order chi connectivity index (χ1) is 9.38. The second-order valence-electron chi connectivity index (χ2n) is 6.13. The van der Waals surface area contributed by atoms with E-state index in [9.17, 15) is 4.79 Å². The summed E-state index contributed by atoms with van der Waals surface area (Å²) in [5.74, 6) is -0.0586. The second kappa shape index (κ2) is 5.59. The zero-order valence-corrected chi connectivity index (χ0v) is 12.2. The van der Waals surface area contributed by atoms with E-state index >= 15 is 0 Å². The van der Waals surface area contributed by atoms with Crippen molar-refractivity contribution in [2.75, 3.05) is 5.32 Å². The van der Waals surface area contributed by atoms with E-state index in [2.05, 4.69) is 10.3 Å². The molecule has 106 valence electrons. The van der Waals surface area contributed by atoms with Crippen molar-refractivity contribution >= 4 is 22.4 Å². The molecule has 1 heterocycles. The Balaban J connectivity index is 2.15. The largest absolute Gasteiger partial charge is 0.327 e. The number of nitrogens with zero attached hydrogens (tertiary/aromatic N) is 1. The third-order valence-electron chi connectivity index (χ3n) is 3.47. The fraction of sp³-hybridized carbons (Fsp3) is 0.375. The Morgan fingerprint density at radius 1 is 1.35 bits per heavy atom. The minimum absolute atomic E-state index is 0.0586. The summed E-state index contributed by atoms with van der Waals surface area (Å²) >= 11 is 0. The molecule has 1 atom stereocenters. The standard InChI is InChI=1S/C16H21N3O/c1-16(2,3)14(17)9-15(20)19-13-6-4-5-11-10-18-8-7-12(11)13/h4-8,10,14H,9,17H2,1-3H3,(H,19,20). The highest BCUT2D eigenvalue weighted by molar-refractivity contribution is 6.01. The topological polar surface area (TPSA) is 68.0 Å². The van der Waals surface area contributed by atoms with Gasteiger partial charge in [-0.1, -0.05) is 32.9 Å². The molecule has 0 saturated heterocycles. The van der Waals surface area contributed by atoms with Gasteiger partial charge in [0.2, 0.25) is 5.91 Å². The van der Waals surface area contributed by atoms with Crippen molar-refractivity contribution in [3.05, 3.63) is 36.7 Å². The molecular weight excluding hydrogens is 250 g/mol. The predicted molar refractivity (Wildman–Crippen MR) is 82.4 cm³/mol. The van der Waals surface area contributed by atoms with Crippen LogP contribution in [0, 0.1) is 5.41 Å². The highest BCUT2D eigenvalue weighted by atomic mass is 16.1. The fourth-order valence-corrected chi connectivity index (χ4v) is 1.94. The average Bonchev–Trinajstić information content (AvgIpc) is 2.38. The van der Waals surface area contributed by atoms with Gasteiger partial charge in [-0.05, 0) is 17.5 Å². The summed E-state index contributed by atoms with van der Waals surface area (Å²) in [5.41, 5.74) is 6.77. The lowest BCUT2D eigenvalue weighted by Gasteiger charge is -2.26. The van der Waals surface area contributed by atoms with Gasteiger partial charge >= 0.3 is 0 Å². The van der Waals surface area contributed by atoms with Crippen LogP contribution in [0.25, 0.3) is 10.8 Å². The van der Waals surface area contributed by atoms with Crippen molar-refractivity contribution in [1.29, 1.82) is 0 Å². The smallest absolute Gasteiger partial charge is 0.225 e. The van der Waals surface area contributed by atoms with Crippen LogP contribution >= 0.6 is 0 Å². The van der Waals surface area contributed by atoms with Gasteiger partial charge in [-0.3, -0.25) is 9.78 Å². The van der Waals surface area contributed by atoms with Gasteiger partial charge in [0.1, 0.15) is 0 Å². The third-order valence-corrected chi connectivity index (χ3v) is 3.47. The first-order valence-electron chi connectivity index (χ1n) is 6.76. The highest BCUT2D eigenvalue weighted by Gasteiger charge is 2.23. The summed E-state index contributed by atoms with van der Waals surface area (Å²) in [4.78, 5) is 16.2.